The molecule has 1 N–H and O–H groups in total. The fraction of sp³-hybridized carbons (Fsp3) is 0.375. The molecule has 0 unspecified atom stereocenters. The SMILES string of the molecule is CNC(=O)CC1=CCOC=C1. The second kappa shape index (κ2) is 3.81. The first-order valence-electron chi connectivity index (χ1n) is 3.50. The molecule has 3 heteroatoms. The Bertz CT molecular complexity index is 206. The van der Waals surface area contributed by atoms with Gasteiger partial charge in [0.1, 0.15) is 6.61 Å². The number of rotatable bonds is 2. The van der Waals surface area contributed by atoms with Crippen molar-refractivity contribution in [2.75, 3.05) is 13.7 Å². The maximum atomic E-state index is 10.9. The Balaban J connectivity index is 2.42. The van der Waals surface area contributed by atoms with Gasteiger partial charge in [0.2, 0.25) is 5.91 Å². The molecular weight excluding hydrogens is 142 g/mol. The Morgan fingerprint density at radius 2 is 2.64 bits per heavy atom. The van der Waals surface area contributed by atoms with Crippen molar-refractivity contribution in [2.45, 2.75) is 6.42 Å². The molecule has 0 aliphatic carbocycles. The third kappa shape index (κ3) is 2.45. The summed E-state index contributed by atoms with van der Waals surface area (Å²) in [6, 6.07) is 0. The summed E-state index contributed by atoms with van der Waals surface area (Å²) in [6.45, 7) is 0.572. The van der Waals surface area contributed by atoms with Gasteiger partial charge in [-0.2, -0.15) is 0 Å². The van der Waals surface area contributed by atoms with Crippen molar-refractivity contribution in [3.63, 3.8) is 0 Å². The molecule has 0 saturated heterocycles. The van der Waals surface area contributed by atoms with Crippen LogP contribution in [0.3, 0.4) is 0 Å². The molecule has 11 heavy (non-hydrogen) atoms. The zero-order valence-electron chi connectivity index (χ0n) is 6.46. The van der Waals surface area contributed by atoms with Crippen molar-refractivity contribution in [3.8, 4) is 0 Å². The van der Waals surface area contributed by atoms with E-state index in [9.17, 15) is 4.79 Å². The zero-order chi connectivity index (χ0) is 8.10. The summed E-state index contributed by atoms with van der Waals surface area (Å²) in [4.78, 5) is 10.9. The van der Waals surface area contributed by atoms with Crippen LogP contribution in [0.5, 0.6) is 0 Å². The van der Waals surface area contributed by atoms with Crippen LogP contribution in [0.4, 0.5) is 0 Å². The van der Waals surface area contributed by atoms with E-state index in [4.69, 9.17) is 4.74 Å². The molecule has 0 atom stereocenters. The first-order valence-corrected chi connectivity index (χ1v) is 3.50. The molecule has 0 saturated carbocycles. The summed E-state index contributed by atoms with van der Waals surface area (Å²) in [6.07, 6.45) is 5.75. The van der Waals surface area contributed by atoms with Gasteiger partial charge in [0.15, 0.2) is 0 Å². The largest absolute Gasteiger partial charge is 0.497 e. The van der Waals surface area contributed by atoms with E-state index in [-0.39, 0.29) is 5.91 Å². The van der Waals surface area contributed by atoms with Gasteiger partial charge in [-0.15, -0.1) is 0 Å². The highest BCUT2D eigenvalue weighted by Gasteiger charge is 2.02. The Kier molecular flexibility index (Phi) is 2.72. The number of nitrogens with one attached hydrogen (secondary N) is 1. The van der Waals surface area contributed by atoms with Crippen molar-refractivity contribution in [1.29, 1.82) is 0 Å². The Morgan fingerprint density at radius 1 is 1.82 bits per heavy atom. The van der Waals surface area contributed by atoms with Gasteiger partial charge < -0.3 is 10.1 Å². The quantitative estimate of drug-likeness (QED) is 0.630. The van der Waals surface area contributed by atoms with E-state index in [0.717, 1.165) is 5.57 Å². The van der Waals surface area contributed by atoms with Crippen LogP contribution in [0.2, 0.25) is 0 Å². The average molecular weight is 153 g/mol. The maximum Gasteiger partial charge on any atom is 0.224 e. The van der Waals surface area contributed by atoms with Crippen molar-refractivity contribution in [3.05, 3.63) is 24.0 Å². The lowest BCUT2D eigenvalue weighted by Gasteiger charge is -2.06. The van der Waals surface area contributed by atoms with Crippen molar-refractivity contribution >= 4 is 5.91 Å². The smallest absolute Gasteiger partial charge is 0.224 e. The minimum atomic E-state index is 0.0304. The van der Waals surface area contributed by atoms with Gasteiger partial charge in [0.25, 0.3) is 0 Å². The number of hydrogen-bond acceptors (Lipinski definition) is 2. The van der Waals surface area contributed by atoms with E-state index < -0.39 is 0 Å². The molecule has 1 amide bonds. The maximum absolute atomic E-state index is 10.9. The molecule has 0 aromatic heterocycles. The van der Waals surface area contributed by atoms with Gasteiger partial charge in [-0.05, 0) is 17.7 Å². The highest BCUT2D eigenvalue weighted by molar-refractivity contribution is 5.78. The Labute approximate surface area is 65.7 Å². The third-order valence-corrected chi connectivity index (χ3v) is 1.46. The third-order valence-electron chi connectivity index (χ3n) is 1.46. The van der Waals surface area contributed by atoms with Gasteiger partial charge in [-0.3, -0.25) is 4.79 Å². The molecular formula is C8H11NO2. The van der Waals surface area contributed by atoms with Crippen molar-refractivity contribution in [2.24, 2.45) is 0 Å². The first kappa shape index (κ1) is 7.85. The van der Waals surface area contributed by atoms with Crippen LogP contribution in [0, 0.1) is 0 Å². The van der Waals surface area contributed by atoms with Crippen molar-refractivity contribution in [1.82, 2.24) is 5.32 Å². The average Bonchev–Trinajstić information content (AvgIpc) is 2.06. The van der Waals surface area contributed by atoms with Gasteiger partial charge in [-0.1, -0.05) is 0 Å². The van der Waals surface area contributed by atoms with E-state index >= 15 is 0 Å². The Hall–Kier alpha value is -1.25. The predicted molar refractivity (Wildman–Crippen MR) is 41.9 cm³/mol. The normalized spacial score (nSPS) is 15.2. The molecule has 60 valence electrons. The van der Waals surface area contributed by atoms with Gasteiger partial charge in [0.05, 0.1) is 12.7 Å². The van der Waals surface area contributed by atoms with Crippen LogP contribution in [0.25, 0.3) is 0 Å². The van der Waals surface area contributed by atoms with Crippen LogP contribution < -0.4 is 5.32 Å². The monoisotopic (exact) mass is 153 g/mol. The molecule has 1 heterocycles. The van der Waals surface area contributed by atoms with Gasteiger partial charge >= 0.3 is 0 Å². The number of ether oxygens (including phenoxy) is 1. The molecule has 0 spiro atoms. The van der Waals surface area contributed by atoms with E-state index in [0.29, 0.717) is 13.0 Å². The predicted octanol–water partition coefficient (Wildman–Crippen LogP) is 0.593. The molecule has 0 aromatic carbocycles. The highest BCUT2D eigenvalue weighted by atomic mass is 16.5. The lowest BCUT2D eigenvalue weighted by molar-refractivity contribution is -0.119. The minimum Gasteiger partial charge on any atom is -0.497 e. The van der Waals surface area contributed by atoms with Crippen LogP contribution in [-0.2, 0) is 9.53 Å². The molecule has 1 aliphatic rings. The summed E-state index contributed by atoms with van der Waals surface area (Å²) in [5, 5.41) is 2.56. The number of carbonyl (C=O) groups is 1. The number of allylic oxidation sites excluding steroid dienone is 1. The summed E-state index contributed by atoms with van der Waals surface area (Å²) in [5.41, 5.74) is 1.01. The van der Waals surface area contributed by atoms with Gasteiger partial charge in [-0.25, -0.2) is 0 Å². The van der Waals surface area contributed by atoms with E-state index in [2.05, 4.69) is 5.32 Å². The van der Waals surface area contributed by atoms with Crippen LogP contribution in [0.15, 0.2) is 24.0 Å². The fourth-order valence-corrected chi connectivity index (χ4v) is 0.819. The number of hydrogen-bond donors (Lipinski definition) is 1. The van der Waals surface area contributed by atoms with Crippen molar-refractivity contribution < 1.29 is 9.53 Å². The zero-order valence-corrected chi connectivity index (χ0v) is 6.46. The second-order valence-corrected chi connectivity index (χ2v) is 2.27. The lowest BCUT2D eigenvalue weighted by Crippen LogP contribution is -2.18. The minimum absolute atomic E-state index is 0.0304. The molecule has 1 rings (SSSR count). The highest BCUT2D eigenvalue weighted by Crippen LogP contribution is 2.07. The summed E-state index contributed by atoms with van der Waals surface area (Å²) in [7, 11) is 1.63. The summed E-state index contributed by atoms with van der Waals surface area (Å²) < 4.78 is 4.93. The van der Waals surface area contributed by atoms with Crippen LogP contribution in [0.1, 0.15) is 6.42 Å². The molecule has 0 radical (unpaired) electrons. The molecule has 0 fully saturated rings. The van der Waals surface area contributed by atoms with E-state index in [1.807, 2.05) is 6.08 Å². The molecule has 3 nitrogen and oxygen atoms in total. The molecule has 0 aromatic rings. The van der Waals surface area contributed by atoms with Crippen LogP contribution >= 0.6 is 0 Å². The van der Waals surface area contributed by atoms with Gasteiger partial charge in [0, 0.05) is 7.05 Å². The lowest BCUT2D eigenvalue weighted by atomic mass is 10.1. The molecule has 1 aliphatic heterocycles. The number of carbonyl (C=O) groups excluding carboxylic acids is 1. The standard InChI is InChI=1S/C8H11NO2/c1-9-8(10)6-7-2-4-11-5-3-7/h2-4H,5-6H2,1H3,(H,9,10). The first-order chi connectivity index (χ1) is 5.33. The topological polar surface area (TPSA) is 38.3 Å². The van der Waals surface area contributed by atoms with Crippen LogP contribution in [-0.4, -0.2) is 19.6 Å². The number of amides is 1. The second-order valence-electron chi connectivity index (χ2n) is 2.27. The Morgan fingerprint density at radius 3 is 3.18 bits per heavy atom. The fourth-order valence-electron chi connectivity index (χ4n) is 0.819. The van der Waals surface area contributed by atoms with E-state index in [1.54, 1.807) is 19.4 Å². The summed E-state index contributed by atoms with van der Waals surface area (Å²) >= 11 is 0. The molecule has 0 bridgehead atoms. The summed E-state index contributed by atoms with van der Waals surface area (Å²) in [5.74, 6) is 0.0304. The van der Waals surface area contributed by atoms with E-state index in [1.165, 1.54) is 0 Å².